The zero-order chi connectivity index (χ0) is 9.56. The Morgan fingerprint density at radius 1 is 1.67 bits per heavy atom. The van der Waals surface area contributed by atoms with Gasteiger partial charge < -0.3 is 16.2 Å². The van der Waals surface area contributed by atoms with Crippen LogP contribution in [0.3, 0.4) is 0 Å². The van der Waals surface area contributed by atoms with E-state index >= 15 is 0 Å². The molecule has 0 bridgehead atoms. The van der Waals surface area contributed by atoms with Gasteiger partial charge in [-0.05, 0) is 13.3 Å². The van der Waals surface area contributed by atoms with Crippen LogP contribution in [-0.2, 0) is 4.74 Å². The maximum absolute atomic E-state index is 5.62. The average molecular weight is 170 g/mol. The molecule has 2 unspecified atom stereocenters. The summed E-state index contributed by atoms with van der Waals surface area (Å²) < 4.78 is 5.07. The van der Waals surface area contributed by atoms with Crippen molar-refractivity contribution >= 4 is 0 Å². The van der Waals surface area contributed by atoms with E-state index in [0.717, 1.165) is 6.42 Å². The number of ether oxygens (including phenoxy) is 1. The van der Waals surface area contributed by atoms with E-state index in [1.54, 1.807) is 13.2 Å². The van der Waals surface area contributed by atoms with E-state index in [4.69, 9.17) is 16.2 Å². The number of hydrogen-bond acceptors (Lipinski definition) is 3. The van der Waals surface area contributed by atoms with Crippen molar-refractivity contribution in [3.05, 3.63) is 24.4 Å². The summed E-state index contributed by atoms with van der Waals surface area (Å²) in [7, 11) is 1.64. The quantitative estimate of drug-likeness (QED) is 0.599. The molecular weight excluding hydrogens is 152 g/mol. The number of rotatable bonds is 5. The second kappa shape index (κ2) is 5.80. The molecule has 0 aliphatic carbocycles. The molecule has 0 aromatic rings. The SMILES string of the molecule is C=CC(C/C=C(\N)C(C)N)OC. The highest BCUT2D eigenvalue weighted by Gasteiger charge is 2.01. The van der Waals surface area contributed by atoms with E-state index in [1.807, 2.05) is 13.0 Å². The maximum atomic E-state index is 5.62. The van der Waals surface area contributed by atoms with Gasteiger partial charge in [0.15, 0.2) is 0 Å². The minimum absolute atomic E-state index is 0.0299. The van der Waals surface area contributed by atoms with Gasteiger partial charge in [-0.15, -0.1) is 6.58 Å². The fourth-order valence-electron chi connectivity index (χ4n) is 0.727. The maximum Gasteiger partial charge on any atom is 0.0784 e. The molecule has 70 valence electrons. The van der Waals surface area contributed by atoms with Gasteiger partial charge in [0, 0.05) is 18.8 Å². The third-order valence-corrected chi connectivity index (χ3v) is 1.68. The highest BCUT2D eigenvalue weighted by atomic mass is 16.5. The highest BCUT2D eigenvalue weighted by Crippen LogP contribution is 2.01. The van der Waals surface area contributed by atoms with Crippen LogP contribution >= 0.6 is 0 Å². The summed E-state index contributed by atoms with van der Waals surface area (Å²) in [5.41, 5.74) is 11.9. The van der Waals surface area contributed by atoms with E-state index in [2.05, 4.69) is 6.58 Å². The molecule has 3 nitrogen and oxygen atoms in total. The first-order valence-electron chi connectivity index (χ1n) is 3.98. The predicted molar refractivity (Wildman–Crippen MR) is 51.5 cm³/mol. The van der Waals surface area contributed by atoms with E-state index in [9.17, 15) is 0 Å². The number of nitrogens with two attached hydrogens (primary N) is 2. The normalized spacial score (nSPS) is 17.1. The summed E-state index contributed by atoms with van der Waals surface area (Å²) in [5, 5.41) is 0. The molecule has 0 amide bonds. The van der Waals surface area contributed by atoms with Crippen molar-refractivity contribution in [2.75, 3.05) is 7.11 Å². The smallest absolute Gasteiger partial charge is 0.0784 e. The first kappa shape index (κ1) is 11.2. The summed E-state index contributed by atoms with van der Waals surface area (Å²) in [6.07, 6.45) is 4.38. The monoisotopic (exact) mass is 170 g/mol. The van der Waals surface area contributed by atoms with Crippen molar-refractivity contribution in [3.8, 4) is 0 Å². The average Bonchev–Trinajstić information content (AvgIpc) is 2.05. The minimum Gasteiger partial charge on any atom is -0.401 e. The molecule has 0 aromatic carbocycles. The summed E-state index contributed by atoms with van der Waals surface area (Å²) in [4.78, 5) is 0. The molecule has 3 heteroatoms. The van der Waals surface area contributed by atoms with Gasteiger partial charge in [0.1, 0.15) is 0 Å². The van der Waals surface area contributed by atoms with Crippen molar-refractivity contribution in [1.82, 2.24) is 0 Å². The molecule has 0 aliphatic heterocycles. The zero-order valence-electron chi connectivity index (χ0n) is 7.79. The lowest BCUT2D eigenvalue weighted by atomic mass is 10.2. The van der Waals surface area contributed by atoms with E-state index < -0.39 is 0 Å². The first-order valence-corrected chi connectivity index (χ1v) is 3.98. The van der Waals surface area contributed by atoms with Gasteiger partial charge in [-0.25, -0.2) is 0 Å². The van der Waals surface area contributed by atoms with Crippen LogP contribution in [0.15, 0.2) is 24.4 Å². The molecule has 0 aromatic heterocycles. The van der Waals surface area contributed by atoms with E-state index in [1.165, 1.54) is 0 Å². The van der Waals surface area contributed by atoms with Crippen LogP contribution in [0.5, 0.6) is 0 Å². The van der Waals surface area contributed by atoms with Gasteiger partial charge >= 0.3 is 0 Å². The molecule has 0 fully saturated rings. The Hall–Kier alpha value is -0.800. The molecule has 12 heavy (non-hydrogen) atoms. The molecule has 0 aliphatic rings. The zero-order valence-corrected chi connectivity index (χ0v) is 7.79. The van der Waals surface area contributed by atoms with Crippen LogP contribution in [0.25, 0.3) is 0 Å². The molecular formula is C9H18N2O. The van der Waals surface area contributed by atoms with Gasteiger partial charge in [0.25, 0.3) is 0 Å². The van der Waals surface area contributed by atoms with Crippen molar-refractivity contribution in [1.29, 1.82) is 0 Å². The molecule has 4 N–H and O–H groups in total. The first-order chi connectivity index (χ1) is 5.61. The summed E-state index contributed by atoms with van der Waals surface area (Å²) in [6.45, 7) is 5.48. The lowest BCUT2D eigenvalue weighted by molar-refractivity contribution is 0.143. The highest BCUT2D eigenvalue weighted by molar-refractivity contribution is 5.05. The topological polar surface area (TPSA) is 61.3 Å². The standard InChI is InChI=1S/C9H18N2O/c1-4-8(12-3)5-6-9(11)7(2)10/h4,6-8H,1,5,10-11H2,2-3H3/b9-6-. The van der Waals surface area contributed by atoms with Crippen LogP contribution in [0.4, 0.5) is 0 Å². The van der Waals surface area contributed by atoms with Crippen molar-refractivity contribution in [3.63, 3.8) is 0 Å². The van der Waals surface area contributed by atoms with Gasteiger partial charge in [0.05, 0.1) is 6.10 Å². The summed E-state index contributed by atoms with van der Waals surface area (Å²) in [5.74, 6) is 0. The van der Waals surface area contributed by atoms with Crippen LogP contribution in [0, 0.1) is 0 Å². The Bertz CT molecular complexity index is 164. The Morgan fingerprint density at radius 2 is 2.25 bits per heavy atom. The molecule has 0 spiro atoms. The predicted octanol–water partition coefficient (Wildman–Crippen LogP) is 0.767. The fourth-order valence-corrected chi connectivity index (χ4v) is 0.727. The largest absolute Gasteiger partial charge is 0.401 e. The summed E-state index contributed by atoms with van der Waals surface area (Å²) >= 11 is 0. The minimum atomic E-state index is -0.0904. The molecule has 0 rings (SSSR count). The van der Waals surface area contributed by atoms with E-state index in [-0.39, 0.29) is 12.1 Å². The van der Waals surface area contributed by atoms with E-state index in [0.29, 0.717) is 5.70 Å². The molecule has 0 heterocycles. The summed E-state index contributed by atoms with van der Waals surface area (Å²) in [6, 6.07) is -0.0904. The fraction of sp³-hybridized carbons (Fsp3) is 0.556. The molecule has 0 radical (unpaired) electrons. The van der Waals surface area contributed by atoms with Crippen LogP contribution in [0.2, 0.25) is 0 Å². The van der Waals surface area contributed by atoms with Crippen molar-refractivity contribution < 1.29 is 4.74 Å². The Labute approximate surface area is 74.1 Å². The van der Waals surface area contributed by atoms with Crippen LogP contribution < -0.4 is 11.5 Å². The number of methoxy groups -OCH3 is 1. The van der Waals surface area contributed by atoms with Crippen molar-refractivity contribution in [2.45, 2.75) is 25.5 Å². The Morgan fingerprint density at radius 3 is 2.58 bits per heavy atom. The van der Waals surface area contributed by atoms with Gasteiger partial charge in [-0.3, -0.25) is 0 Å². The van der Waals surface area contributed by atoms with Gasteiger partial charge in [-0.1, -0.05) is 12.2 Å². The van der Waals surface area contributed by atoms with Crippen LogP contribution in [-0.4, -0.2) is 19.3 Å². The lowest BCUT2D eigenvalue weighted by Crippen LogP contribution is -2.24. The van der Waals surface area contributed by atoms with Crippen molar-refractivity contribution in [2.24, 2.45) is 11.5 Å². The van der Waals surface area contributed by atoms with Gasteiger partial charge in [0.2, 0.25) is 0 Å². The number of hydrogen-bond donors (Lipinski definition) is 2. The lowest BCUT2D eigenvalue weighted by Gasteiger charge is -2.09. The van der Waals surface area contributed by atoms with Gasteiger partial charge in [-0.2, -0.15) is 0 Å². The Kier molecular flexibility index (Phi) is 5.41. The third kappa shape index (κ3) is 4.16. The molecule has 0 saturated carbocycles. The van der Waals surface area contributed by atoms with Crippen LogP contribution in [0.1, 0.15) is 13.3 Å². The molecule has 0 saturated heterocycles. The Balaban J connectivity index is 3.92. The molecule has 2 atom stereocenters. The second-order valence-corrected chi connectivity index (χ2v) is 2.74. The third-order valence-electron chi connectivity index (χ3n) is 1.68. The second-order valence-electron chi connectivity index (χ2n) is 2.74.